The highest BCUT2D eigenvalue weighted by Gasteiger charge is 2.27. The van der Waals surface area contributed by atoms with Crippen LogP contribution in [0.4, 0.5) is 5.69 Å². The van der Waals surface area contributed by atoms with E-state index < -0.39 is 4.92 Å². The fraction of sp³-hybridized carbons (Fsp3) is 0.438. The van der Waals surface area contributed by atoms with Crippen molar-refractivity contribution in [2.24, 2.45) is 0 Å². The molecular formula is C16H20N2O3. The van der Waals surface area contributed by atoms with Gasteiger partial charge < -0.3 is 4.90 Å². The Labute approximate surface area is 124 Å². The fourth-order valence-electron chi connectivity index (χ4n) is 2.85. The Balaban J connectivity index is 2.11. The van der Waals surface area contributed by atoms with Gasteiger partial charge in [-0.2, -0.15) is 0 Å². The predicted octanol–water partition coefficient (Wildman–Crippen LogP) is 3.40. The van der Waals surface area contributed by atoms with Crippen LogP contribution in [0.5, 0.6) is 0 Å². The van der Waals surface area contributed by atoms with Gasteiger partial charge in [-0.05, 0) is 44.7 Å². The maximum atomic E-state index is 12.3. The van der Waals surface area contributed by atoms with Gasteiger partial charge in [-0.15, -0.1) is 0 Å². The molecule has 1 aromatic carbocycles. The molecule has 21 heavy (non-hydrogen) atoms. The van der Waals surface area contributed by atoms with E-state index in [0.29, 0.717) is 5.56 Å². The second kappa shape index (κ2) is 6.52. The van der Waals surface area contributed by atoms with E-state index in [0.717, 1.165) is 19.3 Å². The first-order valence-corrected chi connectivity index (χ1v) is 7.24. The summed E-state index contributed by atoms with van der Waals surface area (Å²) in [5.74, 6) is -0.0267. The summed E-state index contributed by atoms with van der Waals surface area (Å²) in [6, 6.07) is 6.77. The van der Waals surface area contributed by atoms with Crippen LogP contribution in [0.25, 0.3) is 6.08 Å². The third-order valence-corrected chi connectivity index (χ3v) is 3.95. The van der Waals surface area contributed by atoms with Crippen molar-refractivity contribution in [3.63, 3.8) is 0 Å². The molecular weight excluding hydrogens is 268 g/mol. The fourth-order valence-corrected chi connectivity index (χ4v) is 2.85. The molecule has 2 rings (SSSR count). The Morgan fingerprint density at radius 2 is 2.00 bits per heavy atom. The van der Waals surface area contributed by atoms with Crippen LogP contribution in [0.3, 0.4) is 0 Å². The van der Waals surface area contributed by atoms with Crippen molar-refractivity contribution in [2.45, 2.75) is 45.2 Å². The first-order chi connectivity index (χ1) is 9.99. The number of hydrogen-bond donors (Lipinski definition) is 0. The van der Waals surface area contributed by atoms with Crippen LogP contribution < -0.4 is 0 Å². The van der Waals surface area contributed by atoms with Crippen LogP contribution >= 0.6 is 0 Å². The van der Waals surface area contributed by atoms with Crippen LogP contribution in [-0.4, -0.2) is 27.8 Å². The normalized spacial score (nSPS) is 22.5. The summed E-state index contributed by atoms with van der Waals surface area (Å²) in [7, 11) is 0. The molecule has 1 aliphatic rings. The van der Waals surface area contributed by atoms with Gasteiger partial charge in [0.1, 0.15) is 0 Å². The molecule has 0 radical (unpaired) electrons. The molecule has 0 spiro atoms. The summed E-state index contributed by atoms with van der Waals surface area (Å²) in [5, 5.41) is 10.7. The molecule has 1 aromatic rings. The Bertz CT molecular complexity index is 558. The van der Waals surface area contributed by atoms with Crippen molar-refractivity contribution in [2.75, 3.05) is 0 Å². The van der Waals surface area contributed by atoms with E-state index in [9.17, 15) is 14.9 Å². The zero-order valence-electron chi connectivity index (χ0n) is 12.4. The SMILES string of the molecule is CC1CCCC(C)N1C(=O)C=Cc1cccc([N+](=O)[O-])c1. The quantitative estimate of drug-likeness (QED) is 0.486. The minimum absolute atomic E-state index is 0.0267. The number of carbonyl (C=O) groups is 1. The maximum absolute atomic E-state index is 12.3. The Morgan fingerprint density at radius 3 is 2.62 bits per heavy atom. The number of nitro groups is 1. The summed E-state index contributed by atoms with van der Waals surface area (Å²) in [4.78, 5) is 24.5. The Hall–Kier alpha value is -2.17. The maximum Gasteiger partial charge on any atom is 0.270 e. The van der Waals surface area contributed by atoms with Gasteiger partial charge in [0, 0.05) is 30.3 Å². The smallest absolute Gasteiger partial charge is 0.270 e. The van der Waals surface area contributed by atoms with E-state index in [1.807, 2.05) is 4.90 Å². The zero-order valence-corrected chi connectivity index (χ0v) is 12.4. The molecule has 112 valence electrons. The van der Waals surface area contributed by atoms with E-state index in [4.69, 9.17) is 0 Å². The Morgan fingerprint density at radius 1 is 1.33 bits per heavy atom. The third-order valence-electron chi connectivity index (χ3n) is 3.95. The largest absolute Gasteiger partial charge is 0.334 e. The van der Waals surface area contributed by atoms with E-state index in [-0.39, 0.29) is 23.7 Å². The number of likely N-dealkylation sites (tertiary alicyclic amines) is 1. The lowest BCUT2D eigenvalue weighted by Gasteiger charge is -2.38. The molecule has 0 bridgehead atoms. The second-order valence-electron chi connectivity index (χ2n) is 5.56. The molecule has 0 aliphatic carbocycles. The molecule has 0 aromatic heterocycles. The summed E-state index contributed by atoms with van der Waals surface area (Å²) < 4.78 is 0. The van der Waals surface area contributed by atoms with Gasteiger partial charge in [0.25, 0.3) is 5.69 Å². The standard InChI is InChI=1S/C16H20N2O3/c1-12-5-3-6-13(2)17(12)16(19)10-9-14-7-4-8-15(11-14)18(20)21/h4,7-13H,3,5-6H2,1-2H3. The Kier molecular flexibility index (Phi) is 4.73. The van der Waals surface area contributed by atoms with Gasteiger partial charge >= 0.3 is 0 Å². The highest BCUT2D eigenvalue weighted by molar-refractivity contribution is 5.92. The van der Waals surface area contributed by atoms with Gasteiger partial charge in [-0.1, -0.05) is 12.1 Å². The average molecular weight is 288 g/mol. The van der Waals surface area contributed by atoms with Crippen molar-refractivity contribution in [1.29, 1.82) is 0 Å². The number of piperidine rings is 1. The van der Waals surface area contributed by atoms with Crippen LogP contribution in [0.15, 0.2) is 30.3 Å². The number of non-ortho nitro benzene ring substituents is 1. The molecule has 2 unspecified atom stereocenters. The molecule has 0 N–H and O–H groups in total. The minimum Gasteiger partial charge on any atom is -0.334 e. The first kappa shape index (κ1) is 15.2. The first-order valence-electron chi connectivity index (χ1n) is 7.24. The monoisotopic (exact) mass is 288 g/mol. The molecule has 1 fully saturated rings. The summed E-state index contributed by atoms with van der Waals surface area (Å²) >= 11 is 0. The van der Waals surface area contributed by atoms with Crippen molar-refractivity contribution in [3.05, 3.63) is 46.0 Å². The van der Waals surface area contributed by atoms with Crippen LogP contribution in [0, 0.1) is 10.1 Å². The summed E-state index contributed by atoms with van der Waals surface area (Å²) in [6.45, 7) is 4.13. The molecule has 2 atom stereocenters. The van der Waals surface area contributed by atoms with Crippen LogP contribution in [0.2, 0.25) is 0 Å². The molecule has 1 amide bonds. The van der Waals surface area contributed by atoms with Gasteiger partial charge in [0.15, 0.2) is 0 Å². The topological polar surface area (TPSA) is 63.5 Å². The minimum atomic E-state index is -0.437. The van der Waals surface area contributed by atoms with Crippen LogP contribution in [0.1, 0.15) is 38.7 Å². The molecule has 1 aliphatic heterocycles. The van der Waals surface area contributed by atoms with Gasteiger partial charge in [-0.25, -0.2) is 0 Å². The number of rotatable bonds is 3. The van der Waals surface area contributed by atoms with E-state index in [2.05, 4.69) is 13.8 Å². The lowest BCUT2D eigenvalue weighted by molar-refractivity contribution is -0.384. The van der Waals surface area contributed by atoms with Gasteiger partial charge in [0.2, 0.25) is 5.91 Å². The number of nitrogens with zero attached hydrogens (tertiary/aromatic N) is 2. The van der Waals surface area contributed by atoms with Crippen molar-refractivity contribution in [1.82, 2.24) is 4.90 Å². The van der Waals surface area contributed by atoms with Crippen molar-refractivity contribution >= 4 is 17.7 Å². The average Bonchev–Trinajstić information content (AvgIpc) is 2.45. The van der Waals surface area contributed by atoms with Crippen molar-refractivity contribution < 1.29 is 9.72 Å². The van der Waals surface area contributed by atoms with E-state index >= 15 is 0 Å². The highest BCUT2D eigenvalue weighted by Crippen LogP contribution is 2.23. The molecule has 1 saturated heterocycles. The van der Waals surface area contributed by atoms with E-state index in [1.165, 1.54) is 18.2 Å². The lowest BCUT2D eigenvalue weighted by Crippen LogP contribution is -2.46. The number of benzene rings is 1. The van der Waals surface area contributed by atoms with Gasteiger partial charge in [0.05, 0.1) is 4.92 Å². The molecule has 5 heteroatoms. The number of hydrogen-bond acceptors (Lipinski definition) is 3. The second-order valence-corrected chi connectivity index (χ2v) is 5.56. The third kappa shape index (κ3) is 3.68. The van der Waals surface area contributed by atoms with E-state index in [1.54, 1.807) is 18.2 Å². The molecule has 1 heterocycles. The molecule has 5 nitrogen and oxygen atoms in total. The van der Waals surface area contributed by atoms with Gasteiger partial charge in [-0.3, -0.25) is 14.9 Å². The number of carbonyl (C=O) groups excluding carboxylic acids is 1. The zero-order chi connectivity index (χ0) is 15.4. The number of nitro benzene ring substituents is 1. The molecule has 0 saturated carbocycles. The summed E-state index contributed by atoms with van der Waals surface area (Å²) in [6.07, 6.45) is 6.36. The lowest BCUT2D eigenvalue weighted by atomic mass is 9.97. The number of amides is 1. The van der Waals surface area contributed by atoms with Crippen molar-refractivity contribution in [3.8, 4) is 0 Å². The predicted molar refractivity (Wildman–Crippen MR) is 81.8 cm³/mol. The highest BCUT2D eigenvalue weighted by atomic mass is 16.6. The summed E-state index contributed by atoms with van der Waals surface area (Å²) in [5.41, 5.74) is 0.694. The van der Waals surface area contributed by atoms with Crippen LogP contribution in [-0.2, 0) is 4.79 Å².